The van der Waals surface area contributed by atoms with Crippen molar-refractivity contribution in [1.82, 2.24) is 0 Å². The van der Waals surface area contributed by atoms with Gasteiger partial charge in [-0.3, -0.25) is 0 Å². The summed E-state index contributed by atoms with van der Waals surface area (Å²) in [6, 6.07) is 10.9. The van der Waals surface area contributed by atoms with E-state index in [9.17, 15) is 4.79 Å². The molecule has 0 aliphatic carbocycles. The Labute approximate surface area is 118 Å². The number of hydrogen-bond donors (Lipinski definition) is 0. The number of allylic oxidation sites excluding steroid dienone is 2. The molecule has 1 rings (SSSR count). The second-order valence-corrected chi connectivity index (χ2v) is 4.15. The van der Waals surface area contributed by atoms with Gasteiger partial charge in [-0.05, 0) is 43.9 Å². The lowest BCUT2D eigenvalue weighted by Crippen LogP contribution is -2.04. The molecule has 1 aromatic carbocycles. The largest absolute Gasteiger partial charge is 0.462 e. The molecule has 0 saturated carbocycles. The Bertz CT molecular complexity index is 544. The summed E-state index contributed by atoms with van der Waals surface area (Å²) in [6.07, 6.45) is 4.03. The van der Waals surface area contributed by atoms with Crippen molar-refractivity contribution >= 4 is 5.97 Å². The minimum absolute atomic E-state index is 0.155. The van der Waals surface area contributed by atoms with E-state index in [1.54, 1.807) is 25.1 Å². The number of ether oxygens (including phenoxy) is 1. The van der Waals surface area contributed by atoms with Crippen LogP contribution in [0.3, 0.4) is 0 Å². The minimum Gasteiger partial charge on any atom is -0.462 e. The number of unbranched alkanes of at least 4 members (excludes halogenated alkanes) is 1. The predicted molar refractivity (Wildman–Crippen MR) is 74.6 cm³/mol. The molecule has 0 fully saturated rings. The average molecular weight is 268 g/mol. The van der Waals surface area contributed by atoms with Gasteiger partial charge in [0.1, 0.15) is 17.7 Å². The first-order valence-corrected chi connectivity index (χ1v) is 6.47. The number of esters is 1. The summed E-state index contributed by atoms with van der Waals surface area (Å²) in [5.41, 5.74) is 1.82. The van der Waals surface area contributed by atoms with Crippen molar-refractivity contribution in [1.29, 1.82) is 10.5 Å². The standard InChI is InChI=1S/C16H16N2O2/c1-2-20-16(19)15-9-7-13(8-10-15)5-3-4-6-14(11-17)12-18/h6-10H,2-5H2,1H3. The highest BCUT2D eigenvalue weighted by Crippen LogP contribution is 2.10. The first kappa shape index (κ1) is 15.5. The molecular weight excluding hydrogens is 252 g/mol. The summed E-state index contributed by atoms with van der Waals surface area (Å²) in [5, 5.41) is 17.2. The highest BCUT2D eigenvalue weighted by molar-refractivity contribution is 5.89. The molecule has 0 saturated heterocycles. The second kappa shape index (κ2) is 8.50. The number of hydrogen-bond acceptors (Lipinski definition) is 4. The molecule has 0 aliphatic heterocycles. The van der Waals surface area contributed by atoms with E-state index in [4.69, 9.17) is 15.3 Å². The van der Waals surface area contributed by atoms with Crippen molar-refractivity contribution in [3.63, 3.8) is 0 Å². The molecule has 4 heteroatoms. The van der Waals surface area contributed by atoms with Gasteiger partial charge < -0.3 is 4.74 Å². The molecule has 0 heterocycles. The molecule has 0 spiro atoms. The summed E-state index contributed by atoms with van der Waals surface area (Å²) in [5.74, 6) is -0.310. The molecule has 0 amide bonds. The molecular formula is C16H16N2O2. The quantitative estimate of drug-likeness (QED) is 0.451. The fourth-order valence-electron chi connectivity index (χ4n) is 1.69. The third-order valence-electron chi connectivity index (χ3n) is 2.72. The molecule has 0 bridgehead atoms. The zero-order chi connectivity index (χ0) is 14.8. The summed E-state index contributed by atoms with van der Waals surface area (Å²) in [6.45, 7) is 2.14. The third-order valence-corrected chi connectivity index (χ3v) is 2.72. The van der Waals surface area contributed by atoms with Gasteiger partial charge in [0.05, 0.1) is 12.2 Å². The molecule has 1 aromatic rings. The Kier molecular flexibility index (Phi) is 6.57. The predicted octanol–water partition coefficient (Wildman–Crippen LogP) is 3.16. The van der Waals surface area contributed by atoms with Gasteiger partial charge in [-0.25, -0.2) is 4.79 Å². The highest BCUT2D eigenvalue weighted by Gasteiger charge is 2.05. The first-order chi connectivity index (χ1) is 9.71. The molecule has 0 N–H and O–H groups in total. The van der Waals surface area contributed by atoms with Crippen molar-refractivity contribution in [2.45, 2.75) is 26.2 Å². The minimum atomic E-state index is -0.310. The van der Waals surface area contributed by atoms with Gasteiger partial charge in [0.15, 0.2) is 0 Å². The van der Waals surface area contributed by atoms with Crippen molar-refractivity contribution in [3.05, 3.63) is 47.0 Å². The maximum atomic E-state index is 11.5. The number of carbonyl (C=O) groups excluding carboxylic acids is 1. The zero-order valence-corrected chi connectivity index (χ0v) is 11.4. The van der Waals surface area contributed by atoms with Crippen LogP contribution >= 0.6 is 0 Å². The number of carbonyl (C=O) groups is 1. The zero-order valence-electron chi connectivity index (χ0n) is 11.4. The Morgan fingerprint density at radius 1 is 1.25 bits per heavy atom. The van der Waals surface area contributed by atoms with Crippen LogP contribution in [0.5, 0.6) is 0 Å². The topological polar surface area (TPSA) is 73.9 Å². The van der Waals surface area contributed by atoms with Crippen LogP contribution in [-0.4, -0.2) is 12.6 Å². The normalized spacial score (nSPS) is 9.15. The number of rotatable bonds is 6. The number of nitrogens with zero attached hydrogens (tertiary/aromatic N) is 2. The van der Waals surface area contributed by atoms with E-state index in [0.717, 1.165) is 18.4 Å². The second-order valence-electron chi connectivity index (χ2n) is 4.15. The van der Waals surface area contributed by atoms with E-state index in [2.05, 4.69) is 0 Å². The van der Waals surface area contributed by atoms with Crippen LogP contribution in [0.15, 0.2) is 35.9 Å². The molecule has 102 valence electrons. The summed E-state index contributed by atoms with van der Waals surface area (Å²) < 4.78 is 4.91. The SMILES string of the molecule is CCOC(=O)c1ccc(CCCC=C(C#N)C#N)cc1. The lowest BCUT2D eigenvalue weighted by molar-refractivity contribution is 0.0526. The maximum absolute atomic E-state index is 11.5. The van der Waals surface area contributed by atoms with Crippen molar-refractivity contribution in [3.8, 4) is 12.1 Å². The van der Waals surface area contributed by atoms with E-state index in [0.29, 0.717) is 18.6 Å². The van der Waals surface area contributed by atoms with E-state index in [-0.39, 0.29) is 11.5 Å². The first-order valence-electron chi connectivity index (χ1n) is 6.47. The molecule has 0 aliphatic rings. The van der Waals surface area contributed by atoms with E-state index in [1.807, 2.05) is 24.3 Å². The van der Waals surface area contributed by atoms with Crippen LogP contribution in [0.4, 0.5) is 0 Å². The molecule has 0 atom stereocenters. The number of nitriles is 2. The average Bonchev–Trinajstić information content (AvgIpc) is 2.48. The molecule has 0 unspecified atom stereocenters. The third kappa shape index (κ3) is 4.96. The van der Waals surface area contributed by atoms with Gasteiger partial charge in [0.2, 0.25) is 0 Å². The van der Waals surface area contributed by atoms with Crippen molar-refractivity contribution in [2.24, 2.45) is 0 Å². The maximum Gasteiger partial charge on any atom is 0.338 e. The van der Waals surface area contributed by atoms with Crippen molar-refractivity contribution < 1.29 is 9.53 Å². The van der Waals surface area contributed by atoms with Crippen LogP contribution in [0, 0.1) is 22.7 Å². The van der Waals surface area contributed by atoms with E-state index >= 15 is 0 Å². The van der Waals surface area contributed by atoms with Gasteiger partial charge in [-0.15, -0.1) is 0 Å². The summed E-state index contributed by atoms with van der Waals surface area (Å²) in [7, 11) is 0. The summed E-state index contributed by atoms with van der Waals surface area (Å²) >= 11 is 0. The molecule has 20 heavy (non-hydrogen) atoms. The van der Waals surface area contributed by atoms with Gasteiger partial charge in [0, 0.05) is 0 Å². The Morgan fingerprint density at radius 2 is 1.90 bits per heavy atom. The van der Waals surface area contributed by atoms with E-state index in [1.165, 1.54) is 0 Å². The van der Waals surface area contributed by atoms with Gasteiger partial charge in [0.25, 0.3) is 0 Å². The Balaban J connectivity index is 2.47. The van der Waals surface area contributed by atoms with Crippen LogP contribution in [0.2, 0.25) is 0 Å². The molecule has 0 radical (unpaired) electrons. The summed E-state index contributed by atoms with van der Waals surface area (Å²) in [4.78, 5) is 11.5. The lowest BCUT2D eigenvalue weighted by Gasteiger charge is -2.03. The Morgan fingerprint density at radius 3 is 2.45 bits per heavy atom. The monoisotopic (exact) mass is 268 g/mol. The number of benzene rings is 1. The fourth-order valence-corrected chi connectivity index (χ4v) is 1.69. The fraction of sp³-hybridized carbons (Fsp3) is 0.312. The van der Waals surface area contributed by atoms with Crippen LogP contribution in [0.1, 0.15) is 35.7 Å². The van der Waals surface area contributed by atoms with Gasteiger partial charge in [-0.1, -0.05) is 18.2 Å². The van der Waals surface area contributed by atoms with Crippen LogP contribution in [-0.2, 0) is 11.2 Å². The Hall–Kier alpha value is -2.59. The number of aryl methyl sites for hydroxylation is 1. The van der Waals surface area contributed by atoms with Gasteiger partial charge in [-0.2, -0.15) is 10.5 Å². The van der Waals surface area contributed by atoms with Crippen molar-refractivity contribution in [2.75, 3.05) is 6.61 Å². The lowest BCUT2D eigenvalue weighted by atomic mass is 10.1. The van der Waals surface area contributed by atoms with E-state index < -0.39 is 0 Å². The van der Waals surface area contributed by atoms with Crippen LogP contribution in [0.25, 0.3) is 0 Å². The smallest absolute Gasteiger partial charge is 0.338 e. The molecule has 0 aromatic heterocycles. The highest BCUT2D eigenvalue weighted by atomic mass is 16.5. The van der Waals surface area contributed by atoms with Crippen LogP contribution < -0.4 is 0 Å². The molecule has 4 nitrogen and oxygen atoms in total. The van der Waals surface area contributed by atoms with Gasteiger partial charge >= 0.3 is 5.97 Å².